The second-order valence-electron chi connectivity index (χ2n) is 2.44. The minimum absolute atomic E-state index is 0.473. The number of anilines is 1. The Morgan fingerprint density at radius 3 is 2.86 bits per heavy atom. The first kappa shape index (κ1) is 10.6. The Hall–Kier alpha value is -1.46. The minimum atomic E-state index is -0.523. The molecule has 0 spiro atoms. The largest absolute Gasteiger partial charge is 0.495 e. The van der Waals surface area contributed by atoms with Gasteiger partial charge in [0.25, 0.3) is 0 Å². The second-order valence-corrected chi connectivity index (χ2v) is 2.88. The summed E-state index contributed by atoms with van der Waals surface area (Å²) in [7, 11) is 1.48. The summed E-state index contributed by atoms with van der Waals surface area (Å²) >= 11 is 5.73. The van der Waals surface area contributed by atoms with Gasteiger partial charge in [-0.3, -0.25) is 5.43 Å². The number of benzene rings is 1. The first-order valence-corrected chi connectivity index (χ1v) is 4.16. The van der Waals surface area contributed by atoms with Gasteiger partial charge in [0.05, 0.1) is 12.8 Å². The first-order valence-electron chi connectivity index (χ1n) is 3.78. The van der Waals surface area contributed by atoms with E-state index in [0.29, 0.717) is 16.5 Å². The minimum Gasteiger partial charge on any atom is -0.495 e. The molecule has 0 fully saturated rings. The van der Waals surface area contributed by atoms with Crippen molar-refractivity contribution in [3.8, 4) is 5.75 Å². The number of methoxy groups -OCH3 is 1. The average Bonchev–Trinajstić information content (AvgIpc) is 2.20. The molecule has 0 saturated heterocycles. The maximum absolute atomic E-state index is 10.9. The molecule has 1 rings (SSSR count). The van der Waals surface area contributed by atoms with Gasteiger partial charge in [0.2, 0.25) is 0 Å². The fourth-order valence-corrected chi connectivity index (χ4v) is 1.09. The molecule has 76 valence electrons. The number of nitrogens with two attached hydrogens (primary N) is 1. The van der Waals surface area contributed by atoms with Gasteiger partial charge in [-0.15, -0.1) is 0 Å². The van der Waals surface area contributed by atoms with E-state index in [0.717, 1.165) is 0 Å². The van der Waals surface area contributed by atoms with Gasteiger partial charge in [0.15, 0.2) is 0 Å². The molecule has 0 unspecified atom stereocenters. The smallest absolute Gasteiger partial charge is 0.333 e. The summed E-state index contributed by atoms with van der Waals surface area (Å²) in [5.74, 6) is 5.39. The van der Waals surface area contributed by atoms with Crippen molar-refractivity contribution in [2.75, 3.05) is 12.4 Å². The van der Waals surface area contributed by atoms with E-state index in [1.807, 2.05) is 5.43 Å². The van der Waals surface area contributed by atoms with Crippen LogP contribution in [0.5, 0.6) is 5.75 Å². The maximum atomic E-state index is 10.9. The van der Waals surface area contributed by atoms with Gasteiger partial charge in [-0.2, -0.15) is 0 Å². The standard InChI is InChI=1S/C8H10ClN3O2/c1-14-7-4-5(9)2-3-6(7)11-8(13)12-10/h2-4H,10H2,1H3,(H2,11,12,13). The molecule has 1 aromatic rings. The third-order valence-corrected chi connectivity index (χ3v) is 1.78. The van der Waals surface area contributed by atoms with Gasteiger partial charge in [-0.25, -0.2) is 10.6 Å². The van der Waals surface area contributed by atoms with Crippen LogP contribution in [0.3, 0.4) is 0 Å². The zero-order valence-corrected chi connectivity index (χ0v) is 8.26. The van der Waals surface area contributed by atoms with Gasteiger partial charge in [0.1, 0.15) is 5.75 Å². The van der Waals surface area contributed by atoms with Gasteiger partial charge >= 0.3 is 6.03 Å². The van der Waals surface area contributed by atoms with Crippen LogP contribution in [0.25, 0.3) is 0 Å². The molecule has 0 bridgehead atoms. The van der Waals surface area contributed by atoms with Crippen molar-refractivity contribution in [1.82, 2.24) is 5.43 Å². The molecular formula is C8H10ClN3O2. The molecule has 0 heterocycles. The lowest BCUT2D eigenvalue weighted by atomic mass is 10.3. The van der Waals surface area contributed by atoms with Crippen molar-refractivity contribution in [3.63, 3.8) is 0 Å². The summed E-state index contributed by atoms with van der Waals surface area (Å²) in [5, 5.41) is 3.01. The molecule has 5 nitrogen and oxygen atoms in total. The zero-order valence-electron chi connectivity index (χ0n) is 7.50. The zero-order chi connectivity index (χ0) is 10.6. The number of hydrogen-bond acceptors (Lipinski definition) is 3. The lowest BCUT2D eigenvalue weighted by Gasteiger charge is -2.09. The highest BCUT2D eigenvalue weighted by Gasteiger charge is 2.06. The van der Waals surface area contributed by atoms with E-state index in [4.69, 9.17) is 22.2 Å². The molecule has 0 aliphatic carbocycles. The van der Waals surface area contributed by atoms with Gasteiger partial charge in [-0.05, 0) is 12.1 Å². The van der Waals surface area contributed by atoms with Crippen LogP contribution in [0.15, 0.2) is 18.2 Å². The number of urea groups is 1. The SMILES string of the molecule is COc1cc(Cl)ccc1NC(=O)NN. The molecule has 2 amide bonds. The average molecular weight is 216 g/mol. The van der Waals surface area contributed by atoms with Crippen molar-refractivity contribution in [2.24, 2.45) is 5.84 Å². The molecule has 0 aromatic heterocycles. The molecule has 0 radical (unpaired) electrons. The fraction of sp³-hybridized carbons (Fsp3) is 0.125. The fourth-order valence-electron chi connectivity index (χ4n) is 0.927. The number of rotatable bonds is 2. The van der Waals surface area contributed by atoms with Crippen LogP contribution in [-0.2, 0) is 0 Å². The summed E-state index contributed by atoms with van der Waals surface area (Å²) in [6.07, 6.45) is 0. The maximum Gasteiger partial charge on any atom is 0.333 e. The van der Waals surface area contributed by atoms with E-state index in [2.05, 4.69) is 5.32 Å². The van der Waals surface area contributed by atoms with Crippen LogP contribution in [0.1, 0.15) is 0 Å². The molecular weight excluding hydrogens is 206 g/mol. The summed E-state index contributed by atoms with van der Waals surface area (Å²) in [6.45, 7) is 0. The summed E-state index contributed by atoms with van der Waals surface area (Å²) < 4.78 is 5.00. The molecule has 6 heteroatoms. The molecule has 0 aliphatic rings. The van der Waals surface area contributed by atoms with Crippen LogP contribution in [0.2, 0.25) is 5.02 Å². The summed E-state index contributed by atoms with van der Waals surface area (Å²) in [4.78, 5) is 10.9. The van der Waals surface area contributed by atoms with Crippen molar-refractivity contribution >= 4 is 23.3 Å². The van der Waals surface area contributed by atoms with Crippen molar-refractivity contribution < 1.29 is 9.53 Å². The van der Waals surface area contributed by atoms with Crippen LogP contribution in [0.4, 0.5) is 10.5 Å². The highest BCUT2D eigenvalue weighted by molar-refractivity contribution is 6.30. The summed E-state index contributed by atoms with van der Waals surface area (Å²) in [5.41, 5.74) is 2.44. The highest BCUT2D eigenvalue weighted by Crippen LogP contribution is 2.27. The number of hydrazine groups is 1. The Morgan fingerprint density at radius 2 is 2.29 bits per heavy atom. The quantitative estimate of drug-likeness (QED) is 0.396. The molecule has 0 atom stereocenters. The van der Waals surface area contributed by atoms with Crippen molar-refractivity contribution in [2.45, 2.75) is 0 Å². The van der Waals surface area contributed by atoms with Crippen molar-refractivity contribution in [1.29, 1.82) is 0 Å². The number of halogens is 1. The first-order chi connectivity index (χ1) is 6.67. The highest BCUT2D eigenvalue weighted by atomic mass is 35.5. The Morgan fingerprint density at radius 1 is 1.57 bits per heavy atom. The third kappa shape index (κ3) is 2.51. The normalized spacial score (nSPS) is 9.36. The van der Waals surface area contributed by atoms with E-state index in [-0.39, 0.29) is 0 Å². The predicted octanol–water partition coefficient (Wildman–Crippen LogP) is 1.34. The molecule has 1 aromatic carbocycles. The topological polar surface area (TPSA) is 76.4 Å². The van der Waals surface area contributed by atoms with E-state index >= 15 is 0 Å². The number of carbonyl (C=O) groups is 1. The molecule has 4 N–H and O–H groups in total. The third-order valence-electron chi connectivity index (χ3n) is 1.54. The van der Waals surface area contributed by atoms with Gasteiger partial charge in [0, 0.05) is 11.1 Å². The van der Waals surface area contributed by atoms with Crippen LogP contribution >= 0.6 is 11.6 Å². The number of carbonyl (C=O) groups excluding carboxylic acids is 1. The lowest BCUT2D eigenvalue weighted by Crippen LogP contribution is -2.34. The van der Waals surface area contributed by atoms with Crippen LogP contribution in [-0.4, -0.2) is 13.1 Å². The Kier molecular flexibility index (Phi) is 3.55. The lowest BCUT2D eigenvalue weighted by molar-refractivity contribution is 0.252. The van der Waals surface area contributed by atoms with Crippen molar-refractivity contribution in [3.05, 3.63) is 23.2 Å². The Labute approximate surface area is 86.1 Å². The number of nitrogens with one attached hydrogen (secondary N) is 2. The Bertz CT molecular complexity index is 343. The van der Waals surface area contributed by atoms with Gasteiger partial charge in [-0.1, -0.05) is 11.6 Å². The molecule has 0 aliphatic heterocycles. The number of ether oxygens (including phenoxy) is 1. The monoisotopic (exact) mass is 215 g/mol. The molecule has 14 heavy (non-hydrogen) atoms. The van der Waals surface area contributed by atoms with Crippen LogP contribution < -0.4 is 21.3 Å². The summed E-state index contributed by atoms with van der Waals surface area (Å²) in [6, 6.07) is 4.32. The van der Waals surface area contributed by atoms with E-state index in [1.165, 1.54) is 7.11 Å². The van der Waals surface area contributed by atoms with E-state index in [1.54, 1.807) is 18.2 Å². The second kappa shape index (κ2) is 4.69. The number of amides is 2. The van der Waals surface area contributed by atoms with E-state index < -0.39 is 6.03 Å². The van der Waals surface area contributed by atoms with Crippen LogP contribution in [0, 0.1) is 0 Å². The van der Waals surface area contributed by atoms with E-state index in [9.17, 15) is 4.79 Å². The molecule has 0 saturated carbocycles. The Balaban J connectivity index is 2.90. The number of hydrogen-bond donors (Lipinski definition) is 3. The van der Waals surface area contributed by atoms with Gasteiger partial charge < -0.3 is 10.1 Å². The predicted molar refractivity (Wildman–Crippen MR) is 54.3 cm³/mol.